The summed E-state index contributed by atoms with van der Waals surface area (Å²) in [5.74, 6) is -0.639. The Bertz CT molecular complexity index is 229. The van der Waals surface area contributed by atoms with E-state index in [9.17, 15) is 4.79 Å². The molecule has 1 saturated heterocycles. The molecule has 1 aliphatic rings. The van der Waals surface area contributed by atoms with Crippen molar-refractivity contribution in [3.8, 4) is 6.07 Å². The minimum Gasteiger partial charge on any atom is -0.381 e. The van der Waals surface area contributed by atoms with Crippen molar-refractivity contribution in [2.75, 3.05) is 13.2 Å². The summed E-state index contributed by atoms with van der Waals surface area (Å²) in [4.78, 5) is 11.5. The number of rotatable bonds is 3. The SMILES string of the molecule is CCC(C#N)C(=O)NC1CCOCC1. The molecule has 0 aromatic heterocycles. The smallest absolute Gasteiger partial charge is 0.237 e. The maximum absolute atomic E-state index is 11.5. The van der Waals surface area contributed by atoms with Crippen LogP contribution < -0.4 is 5.32 Å². The van der Waals surface area contributed by atoms with Gasteiger partial charge in [0.25, 0.3) is 0 Å². The highest BCUT2D eigenvalue weighted by Gasteiger charge is 2.20. The van der Waals surface area contributed by atoms with Crippen LogP contribution >= 0.6 is 0 Å². The Balaban J connectivity index is 2.35. The van der Waals surface area contributed by atoms with E-state index < -0.39 is 5.92 Å². The van der Waals surface area contributed by atoms with Crippen molar-refractivity contribution >= 4 is 5.91 Å². The second-order valence-electron chi connectivity index (χ2n) is 3.49. The van der Waals surface area contributed by atoms with E-state index in [1.807, 2.05) is 13.0 Å². The van der Waals surface area contributed by atoms with Gasteiger partial charge in [-0.05, 0) is 19.3 Å². The van der Waals surface area contributed by atoms with E-state index in [2.05, 4.69) is 5.32 Å². The van der Waals surface area contributed by atoms with Gasteiger partial charge >= 0.3 is 0 Å². The zero-order chi connectivity index (χ0) is 10.4. The number of carbonyl (C=O) groups is 1. The lowest BCUT2D eigenvalue weighted by atomic mass is 10.0. The van der Waals surface area contributed by atoms with Crippen LogP contribution in [-0.4, -0.2) is 25.2 Å². The zero-order valence-corrected chi connectivity index (χ0v) is 8.45. The van der Waals surface area contributed by atoms with Crippen LogP contribution in [0.4, 0.5) is 0 Å². The van der Waals surface area contributed by atoms with Gasteiger partial charge in [0, 0.05) is 19.3 Å². The number of nitriles is 1. The standard InChI is InChI=1S/C10H16N2O2/c1-2-8(7-11)10(13)12-9-3-5-14-6-4-9/h8-9H,2-6H2,1H3,(H,12,13). The molecule has 0 aliphatic carbocycles. The quantitative estimate of drug-likeness (QED) is 0.727. The van der Waals surface area contributed by atoms with Gasteiger partial charge in [-0.2, -0.15) is 5.26 Å². The number of amides is 1. The molecular formula is C10H16N2O2. The first-order valence-electron chi connectivity index (χ1n) is 5.05. The van der Waals surface area contributed by atoms with Crippen LogP contribution in [0.2, 0.25) is 0 Å². The van der Waals surface area contributed by atoms with Gasteiger partial charge in [0.15, 0.2) is 0 Å². The minimum atomic E-state index is -0.502. The number of nitrogens with zero attached hydrogens (tertiary/aromatic N) is 1. The molecule has 0 spiro atoms. The predicted molar refractivity (Wildman–Crippen MR) is 51.4 cm³/mol. The van der Waals surface area contributed by atoms with Crippen molar-refractivity contribution in [1.29, 1.82) is 5.26 Å². The van der Waals surface area contributed by atoms with Crippen LogP contribution in [0, 0.1) is 17.2 Å². The Morgan fingerprint density at radius 1 is 1.64 bits per heavy atom. The Kier molecular flexibility index (Phi) is 4.41. The van der Waals surface area contributed by atoms with Crippen LogP contribution in [0.15, 0.2) is 0 Å². The molecule has 0 aromatic carbocycles. The first-order chi connectivity index (χ1) is 6.77. The summed E-state index contributed by atoms with van der Waals surface area (Å²) >= 11 is 0. The molecule has 0 radical (unpaired) electrons. The van der Waals surface area contributed by atoms with E-state index in [-0.39, 0.29) is 11.9 Å². The first-order valence-corrected chi connectivity index (χ1v) is 5.05. The molecule has 1 atom stereocenters. The molecule has 1 aliphatic heterocycles. The number of nitrogens with one attached hydrogen (secondary N) is 1. The molecule has 0 aromatic rings. The van der Waals surface area contributed by atoms with Crippen LogP contribution in [0.5, 0.6) is 0 Å². The first kappa shape index (κ1) is 11.0. The molecule has 4 nitrogen and oxygen atoms in total. The average Bonchev–Trinajstić information content (AvgIpc) is 2.21. The maximum atomic E-state index is 11.5. The van der Waals surface area contributed by atoms with E-state index in [1.54, 1.807) is 0 Å². The lowest BCUT2D eigenvalue weighted by Crippen LogP contribution is -2.41. The summed E-state index contributed by atoms with van der Waals surface area (Å²) in [7, 11) is 0. The monoisotopic (exact) mass is 196 g/mol. The molecule has 1 N–H and O–H groups in total. The molecule has 78 valence electrons. The number of hydrogen-bond donors (Lipinski definition) is 1. The largest absolute Gasteiger partial charge is 0.381 e. The predicted octanol–water partition coefficient (Wildman–Crippen LogP) is 0.831. The summed E-state index contributed by atoms with van der Waals surface area (Å²) in [5.41, 5.74) is 0. The van der Waals surface area contributed by atoms with E-state index in [0.717, 1.165) is 12.8 Å². The van der Waals surface area contributed by atoms with E-state index in [0.29, 0.717) is 19.6 Å². The summed E-state index contributed by atoms with van der Waals surface area (Å²) in [6, 6.07) is 2.19. The molecule has 14 heavy (non-hydrogen) atoms. The Morgan fingerprint density at radius 2 is 2.29 bits per heavy atom. The molecule has 1 heterocycles. The summed E-state index contributed by atoms with van der Waals surface area (Å²) in [6.07, 6.45) is 2.28. The molecule has 0 saturated carbocycles. The Morgan fingerprint density at radius 3 is 2.79 bits per heavy atom. The van der Waals surface area contributed by atoms with Gasteiger partial charge in [0.2, 0.25) is 5.91 Å². The van der Waals surface area contributed by atoms with Gasteiger partial charge < -0.3 is 10.1 Å². The molecular weight excluding hydrogens is 180 g/mol. The minimum absolute atomic E-state index is 0.137. The van der Waals surface area contributed by atoms with Crippen molar-refractivity contribution in [2.45, 2.75) is 32.2 Å². The van der Waals surface area contributed by atoms with Gasteiger partial charge in [-0.15, -0.1) is 0 Å². The molecule has 1 fully saturated rings. The molecule has 0 bridgehead atoms. The zero-order valence-electron chi connectivity index (χ0n) is 8.45. The lowest BCUT2D eigenvalue weighted by Gasteiger charge is -2.23. The fourth-order valence-corrected chi connectivity index (χ4v) is 1.48. The van der Waals surface area contributed by atoms with Crippen molar-refractivity contribution < 1.29 is 9.53 Å². The summed E-state index contributed by atoms with van der Waals surface area (Å²) < 4.78 is 5.18. The normalized spacial score (nSPS) is 19.7. The van der Waals surface area contributed by atoms with E-state index in [4.69, 9.17) is 10.00 Å². The average molecular weight is 196 g/mol. The number of ether oxygens (including phenoxy) is 1. The molecule has 1 amide bonds. The van der Waals surface area contributed by atoms with Crippen LogP contribution in [0.3, 0.4) is 0 Å². The lowest BCUT2D eigenvalue weighted by molar-refractivity contribution is -0.124. The highest BCUT2D eigenvalue weighted by Crippen LogP contribution is 2.08. The fourth-order valence-electron chi connectivity index (χ4n) is 1.48. The maximum Gasteiger partial charge on any atom is 0.237 e. The Hall–Kier alpha value is -1.08. The van der Waals surface area contributed by atoms with Crippen LogP contribution in [0.1, 0.15) is 26.2 Å². The number of hydrogen-bond acceptors (Lipinski definition) is 3. The van der Waals surface area contributed by atoms with Crippen molar-refractivity contribution in [3.63, 3.8) is 0 Å². The summed E-state index contributed by atoms with van der Waals surface area (Å²) in [5, 5.41) is 11.6. The van der Waals surface area contributed by atoms with E-state index >= 15 is 0 Å². The van der Waals surface area contributed by atoms with Crippen LogP contribution in [-0.2, 0) is 9.53 Å². The summed E-state index contributed by atoms with van der Waals surface area (Å²) in [6.45, 7) is 3.25. The van der Waals surface area contributed by atoms with Crippen LogP contribution in [0.25, 0.3) is 0 Å². The van der Waals surface area contributed by atoms with Crippen molar-refractivity contribution in [3.05, 3.63) is 0 Å². The van der Waals surface area contributed by atoms with Gasteiger partial charge in [0.05, 0.1) is 6.07 Å². The van der Waals surface area contributed by atoms with Crippen molar-refractivity contribution in [1.82, 2.24) is 5.32 Å². The third-order valence-electron chi connectivity index (χ3n) is 2.45. The molecule has 1 unspecified atom stereocenters. The third kappa shape index (κ3) is 3.00. The van der Waals surface area contributed by atoms with Gasteiger partial charge in [-0.1, -0.05) is 6.92 Å². The van der Waals surface area contributed by atoms with Crippen molar-refractivity contribution in [2.24, 2.45) is 5.92 Å². The second-order valence-corrected chi connectivity index (χ2v) is 3.49. The molecule has 1 rings (SSSR count). The third-order valence-corrected chi connectivity index (χ3v) is 2.45. The fraction of sp³-hybridized carbons (Fsp3) is 0.800. The van der Waals surface area contributed by atoms with E-state index in [1.165, 1.54) is 0 Å². The Labute approximate surface area is 84.2 Å². The molecule has 4 heteroatoms. The van der Waals surface area contributed by atoms with Gasteiger partial charge in [-0.25, -0.2) is 0 Å². The van der Waals surface area contributed by atoms with Gasteiger partial charge in [-0.3, -0.25) is 4.79 Å². The highest BCUT2D eigenvalue weighted by atomic mass is 16.5. The second kappa shape index (κ2) is 5.61. The highest BCUT2D eigenvalue weighted by molar-refractivity contribution is 5.81. The van der Waals surface area contributed by atoms with Gasteiger partial charge in [0.1, 0.15) is 5.92 Å². The topological polar surface area (TPSA) is 62.1 Å². The number of carbonyl (C=O) groups excluding carboxylic acids is 1.